The van der Waals surface area contributed by atoms with Gasteiger partial charge in [-0.05, 0) is 38.6 Å². The molecule has 2 unspecified atom stereocenters. The van der Waals surface area contributed by atoms with Crippen molar-refractivity contribution in [3.05, 3.63) is 0 Å². The summed E-state index contributed by atoms with van der Waals surface area (Å²) >= 11 is 0. The molecule has 1 aliphatic heterocycles. The lowest BCUT2D eigenvalue weighted by atomic mass is 9.86. The fourth-order valence-corrected chi connectivity index (χ4v) is 2.20. The predicted octanol–water partition coefficient (Wildman–Crippen LogP) is 2.19. The van der Waals surface area contributed by atoms with Gasteiger partial charge in [-0.2, -0.15) is 0 Å². The van der Waals surface area contributed by atoms with E-state index in [2.05, 4.69) is 26.1 Å². The van der Waals surface area contributed by atoms with Crippen molar-refractivity contribution in [3.8, 4) is 0 Å². The van der Waals surface area contributed by atoms with E-state index in [1.165, 1.54) is 19.3 Å². The Morgan fingerprint density at radius 1 is 1.38 bits per heavy atom. The molecule has 1 saturated heterocycles. The first-order valence-corrected chi connectivity index (χ1v) is 5.33. The van der Waals surface area contributed by atoms with E-state index in [-0.39, 0.29) is 0 Å². The SMILES string of the molecule is CNCC(C)(C)CC1CCC(C)O1. The van der Waals surface area contributed by atoms with Crippen LogP contribution < -0.4 is 5.32 Å². The Balaban J connectivity index is 2.30. The minimum atomic E-state index is 0.365. The summed E-state index contributed by atoms with van der Waals surface area (Å²) in [7, 11) is 2.01. The van der Waals surface area contributed by atoms with E-state index in [0.717, 1.165) is 6.54 Å². The van der Waals surface area contributed by atoms with Gasteiger partial charge >= 0.3 is 0 Å². The van der Waals surface area contributed by atoms with Crippen LogP contribution in [0.5, 0.6) is 0 Å². The van der Waals surface area contributed by atoms with Crippen molar-refractivity contribution in [2.24, 2.45) is 5.41 Å². The van der Waals surface area contributed by atoms with Gasteiger partial charge in [0.15, 0.2) is 0 Å². The van der Waals surface area contributed by atoms with Crippen molar-refractivity contribution >= 4 is 0 Å². The van der Waals surface area contributed by atoms with Crippen molar-refractivity contribution in [1.29, 1.82) is 0 Å². The highest BCUT2D eigenvalue weighted by Crippen LogP contribution is 2.30. The molecule has 78 valence electrons. The lowest BCUT2D eigenvalue weighted by molar-refractivity contribution is 0.0289. The van der Waals surface area contributed by atoms with E-state index in [1.807, 2.05) is 7.05 Å². The van der Waals surface area contributed by atoms with Gasteiger partial charge in [-0.3, -0.25) is 0 Å². The Morgan fingerprint density at radius 2 is 2.08 bits per heavy atom. The van der Waals surface area contributed by atoms with Crippen LogP contribution in [0.25, 0.3) is 0 Å². The predicted molar refractivity (Wildman–Crippen MR) is 55.9 cm³/mol. The summed E-state index contributed by atoms with van der Waals surface area (Å²) in [5.41, 5.74) is 0.365. The van der Waals surface area contributed by atoms with Crippen LogP contribution in [0.3, 0.4) is 0 Å². The molecule has 0 bridgehead atoms. The molecule has 13 heavy (non-hydrogen) atoms. The highest BCUT2D eigenvalue weighted by Gasteiger charge is 2.28. The normalized spacial score (nSPS) is 29.5. The Morgan fingerprint density at radius 3 is 2.54 bits per heavy atom. The second-order valence-electron chi connectivity index (χ2n) is 5.04. The lowest BCUT2D eigenvalue weighted by Crippen LogP contribution is -2.30. The molecule has 0 aromatic carbocycles. The average molecular weight is 185 g/mol. The molecule has 1 rings (SSSR count). The summed E-state index contributed by atoms with van der Waals surface area (Å²) in [5, 5.41) is 3.24. The maximum atomic E-state index is 5.82. The van der Waals surface area contributed by atoms with Gasteiger partial charge in [0.2, 0.25) is 0 Å². The van der Waals surface area contributed by atoms with Crippen LogP contribution in [0, 0.1) is 5.41 Å². The molecule has 2 nitrogen and oxygen atoms in total. The Hall–Kier alpha value is -0.0800. The molecule has 0 aromatic rings. The summed E-state index contributed by atoms with van der Waals surface area (Å²) in [6.45, 7) is 7.85. The van der Waals surface area contributed by atoms with Gasteiger partial charge < -0.3 is 10.1 Å². The molecule has 0 saturated carbocycles. The largest absolute Gasteiger partial charge is 0.375 e. The zero-order valence-corrected chi connectivity index (χ0v) is 9.39. The summed E-state index contributed by atoms with van der Waals surface area (Å²) < 4.78 is 5.82. The summed E-state index contributed by atoms with van der Waals surface area (Å²) in [5.74, 6) is 0. The third-order valence-corrected chi connectivity index (χ3v) is 2.76. The zero-order chi connectivity index (χ0) is 9.90. The van der Waals surface area contributed by atoms with Gasteiger partial charge in [0.25, 0.3) is 0 Å². The van der Waals surface area contributed by atoms with E-state index in [1.54, 1.807) is 0 Å². The lowest BCUT2D eigenvalue weighted by Gasteiger charge is -2.27. The van der Waals surface area contributed by atoms with E-state index in [9.17, 15) is 0 Å². The molecule has 1 fully saturated rings. The second-order valence-corrected chi connectivity index (χ2v) is 5.04. The highest BCUT2D eigenvalue weighted by molar-refractivity contribution is 4.79. The van der Waals surface area contributed by atoms with Crippen LogP contribution in [0.2, 0.25) is 0 Å². The van der Waals surface area contributed by atoms with Crippen LogP contribution in [0.1, 0.15) is 40.0 Å². The number of hydrogen-bond acceptors (Lipinski definition) is 2. The fraction of sp³-hybridized carbons (Fsp3) is 1.00. The van der Waals surface area contributed by atoms with Gasteiger partial charge in [0.1, 0.15) is 0 Å². The molecule has 0 spiro atoms. The van der Waals surface area contributed by atoms with E-state index < -0.39 is 0 Å². The van der Waals surface area contributed by atoms with Gasteiger partial charge in [-0.15, -0.1) is 0 Å². The van der Waals surface area contributed by atoms with Crippen LogP contribution >= 0.6 is 0 Å². The first-order valence-electron chi connectivity index (χ1n) is 5.33. The fourth-order valence-electron chi connectivity index (χ4n) is 2.20. The van der Waals surface area contributed by atoms with E-state index >= 15 is 0 Å². The van der Waals surface area contributed by atoms with Crippen LogP contribution in [-0.4, -0.2) is 25.8 Å². The third-order valence-electron chi connectivity index (χ3n) is 2.76. The van der Waals surface area contributed by atoms with E-state index in [0.29, 0.717) is 17.6 Å². The third kappa shape index (κ3) is 3.65. The van der Waals surface area contributed by atoms with Crippen molar-refractivity contribution in [2.45, 2.75) is 52.2 Å². The van der Waals surface area contributed by atoms with Crippen molar-refractivity contribution in [1.82, 2.24) is 5.32 Å². The molecule has 2 heteroatoms. The van der Waals surface area contributed by atoms with Gasteiger partial charge in [0.05, 0.1) is 12.2 Å². The summed E-state index contributed by atoms with van der Waals surface area (Å²) in [6.07, 6.45) is 4.64. The Bertz CT molecular complexity index is 156. The minimum Gasteiger partial charge on any atom is -0.375 e. The van der Waals surface area contributed by atoms with Gasteiger partial charge in [0, 0.05) is 6.54 Å². The molecule has 1 aliphatic rings. The molecule has 1 N–H and O–H groups in total. The topological polar surface area (TPSA) is 21.3 Å². The number of nitrogens with one attached hydrogen (secondary N) is 1. The maximum absolute atomic E-state index is 5.82. The standard InChI is InChI=1S/C11H23NO/c1-9-5-6-10(13-9)7-11(2,3)8-12-4/h9-10,12H,5-8H2,1-4H3. The molecule has 0 aromatic heterocycles. The molecule has 2 atom stereocenters. The number of rotatable bonds is 4. The first kappa shape index (κ1) is 11.0. The molecule has 0 aliphatic carbocycles. The van der Waals surface area contributed by atoms with Crippen LogP contribution in [0.15, 0.2) is 0 Å². The molecule has 0 amide bonds. The highest BCUT2D eigenvalue weighted by atomic mass is 16.5. The van der Waals surface area contributed by atoms with Crippen molar-refractivity contribution < 1.29 is 4.74 Å². The average Bonchev–Trinajstić information content (AvgIpc) is 2.34. The molecule has 0 radical (unpaired) electrons. The smallest absolute Gasteiger partial charge is 0.0585 e. The maximum Gasteiger partial charge on any atom is 0.0585 e. The molecular formula is C11H23NO. The second kappa shape index (κ2) is 4.43. The Kier molecular flexibility index (Phi) is 3.74. The van der Waals surface area contributed by atoms with Crippen molar-refractivity contribution in [2.75, 3.05) is 13.6 Å². The van der Waals surface area contributed by atoms with Crippen LogP contribution in [-0.2, 0) is 4.74 Å². The summed E-state index contributed by atoms with van der Waals surface area (Å²) in [4.78, 5) is 0. The monoisotopic (exact) mass is 185 g/mol. The van der Waals surface area contributed by atoms with Gasteiger partial charge in [-0.25, -0.2) is 0 Å². The van der Waals surface area contributed by atoms with E-state index in [4.69, 9.17) is 4.74 Å². The minimum absolute atomic E-state index is 0.365. The van der Waals surface area contributed by atoms with Crippen molar-refractivity contribution in [3.63, 3.8) is 0 Å². The van der Waals surface area contributed by atoms with Gasteiger partial charge in [-0.1, -0.05) is 13.8 Å². The van der Waals surface area contributed by atoms with Crippen LogP contribution in [0.4, 0.5) is 0 Å². The number of ether oxygens (including phenoxy) is 1. The quantitative estimate of drug-likeness (QED) is 0.725. The Labute approximate surface area is 82.0 Å². The summed E-state index contributed by atoms with van der Waals surface area (Å²) in [6, 6.07) is 0. The zero-order valence-electron chi connectivity index (χ0n) is 9.39. The molecule has 1 heterocycles. The number of hydrogen-bond donors (Lipinski definition) is 1. The molecular weight excluding hydrogens is 162 g/mol. The first-order chi connectivity index (χ1) is 6.03.